The zero-order valence-electron chi connectivity index (χ0n) is 11.4. The predicted octanol–water partition coefficient (Wildman–Crippen LogP) is 3.52. The number of hydrogen-bond donors (Lipinski definition) is 1. The van der Waals surface area contributed by atoms with Crippen molar-refractivity contribution in [1.82, 2.24) is 10.1 Å². The Labute approximate surface area is 120 Å². The summed E-state index contributed by atoms with van der Waals surface area (Å²) in [5, 5.41) is 4.21. The van der Waals surface area contributed by atoms with Crippen LogP contribution in [0.1, 0.15) is 81.3 Å². The molecule has 1 aromatic rings. The molecule has 1 aromatic heterocycles. The van der Waals surface area contributed by atoms with Crippen LogP contribution in [-0.4, -0.2) is 16.2 Å². The molecule has 5 heteroatoms. The van der Waals surface area contributed by atoms with Crippen LogP contribution in [0.2, 0.25) is 0 Å². The van der Waals surface area contributed by atoms with E-state index < -0.39 is 0 Å². The molecule has 2 atom stereocenters. The van der Waals surface area contributed by atoms with Crippen LogP contribution in [0, 0.1) is 0 Å². The van der Waals surface area contributed by atoms with Crippen molar-refractivity contribution in [2.45, 2.75) is 75.7 Å². The number of nitrogens with zero attached hydrogens (tertiary/aromatic N) is 2. The maximum Gasteiger partial charge on any atom is 0.229 e. The lowest BCUT2D eigenvalue weighted by molar-refractivity contribution is 0.295. The van der Waals surface area contributed by atoms with E-state index in [0.29, 0.717) is 17.9 Å². The van der Waals surface area contributed by atoms with Crippen molar-refractivity contribution in [2.75, 3.05) is 0 Å². The van der Waals surface area contributed by atoms with Crippen LogP contribution in [0.25, 0.3) is 0 Å². The van der Waals surface area contributed by atoms with Crippen molar-refractivity contribution in [3.63, 3.8) is 0 Å². The number of aromatic nitrogens is 2. The molecule has 0 aromatic carbocycles. The zero-order chi connectivity index (χ0) is 12.4. The monoisotopic (exact) mass is 285 g/mol. The van der Waals surface area contributed by atoms with Gasteiger partial charge in [0, 0.05) is 17.9 Å². The molecule has 2 fully saturated rings. The first kappa shape index (κ1) is 14.8. The number of rotatable bonds is 2. The van der Waals surface area contributed by atoms with E-state index in [0.717, 1.165) is 31.0 Å². The van der Waals surface area contributed by atoms with E-state index in [1.807, 2.05) is 0 Å². The summed E-state index contributed by atoms with van der Waals surface area (Å²) in [5.41, 5.74) is 6.02. The fraction of sp³-hybridized carbons (Fsp3) is 0.857. The van der Waals surface area contributed by atoms with Crippen LogP contribution in [0.5, 0.6) is 0 Å². The molecule has 0 bridgehead atoms. The highest BCUT2D eigenvalue weighted by Gasteiger charge is 2.27. The molecule has 2 aliphatic rings. The van der Waals surface area contributed by atoms with Crippen molar-refractivity contribution in [3.05, 3.63) is 11.7 Å². The normalized spacial score (nSPS) is 28.9. The lowest BCUT2D eigenvalue weighted by Crippen LogP contribution is -2.27. The van der Waals surface area contributed by atoms with Crippen molar-refractivity contribution in [3.8, 4) is 0 Å². The highest BCUT2D eigenvalue weighted by molar-refractivity contribution is 5.85. The Kier molecular flexibility index (Phi) is 5.22. The van der Waals surface area contributed by atoms with Crippen molar-refractivity contribution < 1.29 is 4.52 Å². The van der Waals surface area contributed by atoms with Gasteiger partial charge in [0.1, 0.15) is 0 Å². The van der Waals surface area contributed by atoms with Crippen LogP contribution in [0.4, 0.5) is 0 Å². The van der Waals surface area contributed by atoms with E-state index in [2.05, 4.69) is 10.1 Å². The van der Waals surface area contributed by atoms with Crippen LogP contribution in [-0.2, 0) is 0 Å². The van der Waals surface area contributed by atoms with E-state index >= 15 is 0 Å². The molecule has 0 spiro atoms. The maximum atomic E-state index is 6.02. The summed E-state index contributed by atoms with van der Waals surface area (Å²) in [5.74, 6) is 2.72. The summed E-state index contributed by atoms with van der Waals surface area (Å²) in [7, 11) is 0. The van der Waals surface area contributed by atoms with Crippen LogP contribution in [0.15, 0.2) is 4.52 Å². The van der Waals surface area contributed by atoms with E-state index in [9.17, 15) is 0 Å². The smallest absolute Gasteiger partial charge is 0.229 e. The van der Waals surface area contributed by atoms with E-state index in [-0.39, 0.29) is 12.4 Å². The maximum absolute atomic E-state index is 6.02. The summed E-state index contributed by atoms with van der Waals surface area (Å²) in [6.07, 6.45) is 10.9. The largest absolute Gasteiger partial charge is 0.339 e. The molecule has 0 amide bonds. The second-order valence-corrected chi connectivity index (χ2v) is 5.95. The second kappa shape index (κ2) is 6.71. The van der Waals surface area contributed by atoms with Gasteiger partial charge in [-0.25, -0.2) is 0 Å². The van der Waals surface area contributed by atoms with Crippen molar-refractivity contribution >= 4 is 12.4 Å². The third kappa shape index (κ3) is 3.48. The van der Waals surface area contributed by atoms with Gasteiger partial charge in [-0.3, -0.25) is 0 Å². The Bertz CT molecular complexity index is 390. The molecule has 0 saturated heterocycles. The summed E-state index contributed by atoms with van der Waals surface area (Å²) >= 11 is 0. The highest BCUT2D eigenvalue weighted by Crippen LogP contribution is 2.34. The minimum atomic E-state index is 0. The van der Waals surface area contributed by atoms with Crippen molar-refractivity contribution in [1.29, 1.82) is 0 Å². The van der Waals surface area contributed by atoms with Gasteiger partial charge in [0.2, 0.25) is 5.89 Å². The van der Waals surface area contributed by atoms with Gasteiger partial charge >= 0.3 is 0 Å². The average Bonchev–Trinajstić information content (AvgIpc) is 2.89. The third-order valence-corrected chi connectivity index (χ3v) is 4.49. The number of nitrogens with two attached hydrogens (primary N) is 1. The molecule has 4 nitrogen and oxygen atoms in total. The molecule has 0 aliphatic heterocycles. The lowest BCUT2D eigenvalue weighted by Gasteiger charge is -2.23. The van der Waals surface area contributed by atoms with Crippen LogP contribution >= 0.6 is 12.4 Å². The van der Waals surface area contributed by atoms with Gasteiger partial charge in [-0.05, 0) is 32.1 Å². The van der Waals surface area contributed by atoms with E-state index in [4.69, 9.17) is 10.3 Å². The molecule has 3 rings (SSSR count). The predicted molar refractivity (Wildman–Crippen MR) is 76.6 cm³/mol. The summed E-state index contributed by atoms with van der Waals surface area (Å²) in [6.45, 7) is 0. The van der Waals surface area contributed by atoms with E-state index in [1.54, 1.807) is 0 Å². The second-order valence-electron chi connectivity index (χ2n) is 5.95. The van der Waals surface area contributed by atoms with Gasteiger partial charge in [0.05, 0.1) is 0 Å². The molecule has 19 heavy (non-hydrogen) atoms. The highest BCUT2D eigenvalue weighted by atomic mass is 35.5. The third-order valence-electron chi connectivity index (χ3n) is 4.49. The van der Waals surface area contributed by atoms with Gasteiger partial charge in [-0.2, -0.15) is 4.98 Å². The average molecular weight is 286 g/mol. The fourth-order valence-corrected chi connectivity index (χ4v) is 3.39. The molecule has 2 aliphatic carbocycles. The fourth-order valence-electron chi connectivity index (χ4n) is 3.39. The Morgan fingerprint density at radius 1 is 0.947 bits per heavy atom. The van der Waals surface area contributed by atoms with Crippen LogP contribution < -0.4 is 5.73 Å². The summed E-state index contributed by atoms with van der Waals surface area (Å²) in [4.78, 5) is 4.66. The first-order chi connectivity index (χ1) is 8.83. The Balaban J connectivity index is 0.00000133. The molecule has 108 valence electrons. The topological polar surface area (TPSA) is 64.9 Å². The first-order valence-corrected chi connectivity index (χ1v) is 7.42. The molecule has 1 heterocycles. The Hall–Kier alpha value is -0.610. The first-order valence-electron chi connectivity index (χ1n) is 7.42. The Morgan fingerprint density at radius 2 is 1.68 bits per heavy atom. The minimum Gasteiger partial charge on any atom is -0.339 e. The SMILES string of the molecule is Cl.NC1CCCC(c2nc(C3CCCCC3)no2)C1. The molecule has 2 N–H and O–H groups in total. The molecule has 2 saturated carbocycles. The van der Waals surface area contributed by atoms with Gasteiger partial charge in [0.25, 0.3) is 0 Å². The van der Waals surface area contributed by atoms with E-state index in [1.165, 1.54) is 38.5 Å². The molecular weight excluding hydrogens is 262 g/mol. The number of hydrogen-bond acceptors (Lipinski definition) is 4. The standard InChI is InChI=1S/C14H23N3O.ClH/c15-12-8-4-7-11(9-12)14-16-13(17-18-14)10-5-2-1-3-6-10;/h10-12H,1-9,15H2;1H. The van der Waals surface area contributed by atoms with Gasteiger partial charge < -0.3 is 10.3 Å². The lowest BCUT2D eigenvalue weighted by atomic mass is 9.86. The molecular formula is C14H24ClN3O. The van der Waals surface area contributed by atoms with Gasteiger partial charge in [-0.1, -0.05) is 30.8 Å². The van der Waals surface area contributed by atoms with Crippen LogP contribution in [0.3, 0.4) is 0 Å². The Morgan fingerprint density at radius 3 is 2.42 bits per heavy atom. The number of halogens is 1. The summed E-state index contributed by atoms with van der Waals surface area (Å²) < 4.78 is 5.49. The van der Waals surface area contributed by atoms with Crippen molar-refractivity contribution in [2.24, 2.45) is 5.73 Å². The summed E-state index contributed by atoms with van der Waals surface area (Å²) in [6, 6.07) is 0.314. The zero-order valence-corrected chi connectivity index (χ0v) is 12.2. The molecule has 0 radical (unpaired) electrons. The molecule has 2 unspecified atom stereocenters. The van der Waals surface area contributed by atoms with Gasteiger partial charge in [0.15, 0.2) is 5.82 Å². The quantitative estimate of drug-likeness (QED) is 0.903. The van der Waals surface area contributed by atoms with Gasteiger partial charge in [-0.15, -0.1) is 12.4 Å². The minimum absolute atomic E-state index is 0.